The molecule has 0 unspecified atom stereocenters. The Bertz CT molecular complexity index is 943. The maximum Gasteiger partial charge on any atom is 0.259 e. The Morgan fingerprint density at radius 2 is 1.46 bits per heavy atom. The van der Waals surface area contributed by atoms with Gasteiger partial charge in [0.15, 0.2) is 11.5 Å². The first kappa shape index (κ1) is 17.4. The number of phenolic OH excluding ortho intramolecular Hbond substituents is 1. The zero-order valence-electron chi connectivity index (χ0n) is 14.7. The first-order valence-corrected chi connectivity index (χ1v) is 7.90. The van der Waals surface area contributed by atoms with Crippen LogP contribution in [-0.4, -0.2) is 32.3 Å². The second kappa shape index (κ2) is 7.23. The number of methoxy groups -OCH3 is 3. The van der Waals surface area contributed by atoms with Gasteiger partial charge in [0.05, 0.1) is 26.9 Å². The van der Waals surface area contributed by atoms with E-state index in [1.807, 2.05) is 24.3 Å². The van der Waals surface area contributed by atoms with Gasteiger partial charge in [0.1, 0.15) is 5.75 Å². The van der Waals surface area contributed by atoms with E-state index in [1.54, 1.807) is 24.3 Å². The number of hydrogen-bond acceptors (Lipinski definition) is 5. The summed E-state index contributed by atoms with van der Waals surface area (Å²) in [6.45, 7) is 0. The first-order valence-electron chi connectivity index (χ1n) is 7.90. The summed E-state index contributed by atoms with van der Waals surface area (Å²) in [6, 6.07) is 14.0. The molecule has 0 saturated heterocycles. The zero-order valence-corrected chi connectivity index (χ0v) is 14.7. The van der Waals surface area contributed by atoms with Crippen LogP contribution in [0.4, 0.5) is 5.69 Å². The van der Waals surface area contributed by atoms with Crippen LogP contribution in [0.5, 0.6) is 23.0 Å². The van der Waals surface area contributed by atoms with Crippen molar-refractivity contribution in [3.63, 3.8) is 0 Å². The Morgan fingerprint density at radius 3 is 2.00 bits per heavy atom. The molecule has 0 saturated carbocycles. The lowest BCUT2D eigenvalue weighted by molar-refractivity contribution is 0.102. The lowest BCUT2D eigenvalue weighted by Gasteiger charge is -2.15. The third-order valence-electron chi connectivity index (χ3n) is 4.03. The van der Waals surface area contributed by atoms with Gasteiger partial charge in [-0.1, -0.05) is 24.3 Å². The number of nitrogens with one attached hydrogen (secondary N) is 1. The Kier molecular flexibility index (Phi) is 4.84. The fourth-order valence-electron chi connectivity index (χ4n) is 2.76. The van der Waals surface area contributed by atoms with E-state index >= 15 is 0 Å². The molecule has 0 radical (unpaired) electrons. The Morgan fingerprint density at radius 1 is 0.885 bits per heavy atom. The van der Waals surface area contributed by atoms with Crippen LogP contribution in [0, 0.1) is 0 Å². The normalized spacial score (nSPS) is 10.4. The minimum Gasteiger partial charge on any atom is -0.507 e. The standard InChI is InChI=1S/C20H19NO5/c1-24-17-10-14(11-18(25-2)19(17)26-3)21-20(23)15-8-12-6-4-5-7-13(12)9-16(15)22/h4-11,22H,1-3H3,(H,21,23). The van der Waals surface area contributed by atoms with Gasteiger partial charge >= 0.3 is 0 Å². The van der Waals surface area contributed by atoms with Gasteiger partial charge in [-0.05, 0) is 22.9 Å². The maximum absolute atomic E-state index is 12.6. The van der Waals surface area contributed by atoms with Crippen LogP contribution in [0.1, 0.15) is 10.4 Å². The van der Waals surface area contributed by atoms with Crippen LogP contribution >= 0.6 is 0 Å². The second-order valence-electron chi connectivity index (χ2n) is 5.58. The van der Waals surface area contributed by atoms with E-state index in [4.69, 9.17) is 14.2 Å². The van der Waals surface area contributed by atoms with Crippen molar-refractivity contribution in [2.75, 3.05) is 26.6 Å². The molecule has 0 fully saturated rings. The van der Waals surface area contributed by atoms with Crippen molar-refractivity contribution in [3.05, 3.63) is 54.1 Å². The van der Waals surface area contributed by atoms with E-state index in [9.17, 15) is 9.90 Å². The molecule has 0 spiro atoms. The van der Waals surface area contributed by atoms with Crippen LogP contribution in [0.2, 0.25) is 0 Å². The number of benzene rings is 3. The molecule has 0 aliphatic carbocycles. The molecule has 2 N–H and O–H groups in total. The molecule has 3 aromatic carbocycles. The number of carbonyl (C=O) groups excluding carboxylic acids is 1. The van der Waals surface area contributed by atoms with Crippen molar-refractivity contribution in [2.24, 2.45) is 0 Å². The highest BCUT2D eigenvalue weighted by Gasteiger charge is 2.17. The number of amides is 1. The number of anilines is 1. The molecule has 0 aliphatic heterocycles. The predicted octanol–water partition coefficient (Wildman–Crippen LogP) is 3.82. The maximum atomic E-state index is 12.6. The van der Waals surface area contributed by atoms with E-state index in [2.05, 4.69) is 5.32 Å². The van der Waals surface area contributed by atoms with Gasteiger partial charge in [-0.2, -0.15) is 0 Å². The van der Waals surface area contributed by atoms with Gasteiger partial charge in [-0.15, -0.1) is 0 Å². The highest BCUT2D eigenvalue weighted by atomic mass is 16.5. The predicted molar refractivity (Wildman–Crippen MR) is 99.7 cm³/mol. The van der Waals surface area contributed by atoms with Gasteiger partial charge < -0.3 is 24.6 Å². The average molecular weight is 353 g/mol. The van der Waals surface area contributed by atoms with Crippen molar-refractivity contribution in [1.82, 2.24) is 0 Å². The number of fused-ring (bicyclic) bond motifs is 1. The molecular formula is C20H19NO5. The van der Waals surface area contributed by atoms with Gasteiger partial charge in [-0.25, -0.2) is 0 Å². The number of phenols is 1. The summed E-state index contributed by atoms with van der Waals surface area (Å²) in [5.41, 5.74) is 0.634. The van der Waals surface area contributed by atoms with Crippen LogP contribution in [0.15, 0.2) is 48.5 Å². The molecule has 0 heterocycles. The highest BCUT2D eigenvalue weighted by Crippen LogP contribution is 2.40. The molecule has 3 aromatic rings. The second-order valence-corrected chi connectivity index (χ2v) is 5.58. The monoisotopic (exact) mass is 353 g/mol. The van der Waals surface area contributed by atoms with E-state index in [0.29, 0.717) is 22.9 Å². The number of ether oxygens (including phenoxy) is 3. The van der Waals surface area contributed by atoms with Crippen LogP contribution in [0.25, 0.3) is 10.8 Å². The molecule has 26 heavy (non-hydrogen) atoms. The van der Waals surface area contributed by atoms with Crippen molar-refractivity contribution in [2.45, 2.75) is 0 Å². The summed E-state index contributed by atoms with van der Waals surface area (Å²) >= 11 is 0. The van der Waals surface area contributed by atoms with E-state index in [-0.39, 0.29) is 11.3 Å². The fraction of sp³-hybridized carbons (Fsp3) is 0.150. The summed E-state index contributed by atoms with van der Waals surface area (Å²) in [6.07, 6.45) is 0. The molecule has 0 aliphatic rings. The van der Waals surface area contributed by atoms with Crippen molar-refractivity contribution in [3.8, 4) is 23.0 Å². The number of aromatic hydroxyl groups is 1. The van der Waals surface area contributed by atoms with E-state index in [1.165, 1.54) is 21.3 Å². The minimum absolute atomic E-state index is 0.0892. The van der Waals surface area contributed by atoms with Crippen molar-refractivity contribution < 1.29 is 24.1 Å². The number of rotatable bonds is 5. The largest absolute Gasteiger partial charge is 0.507 e. The first-order chi connectivity index (χ1) is 12.6. The fourth-order valence-corrected chi connectivity index (χ4v) is 2.76. The summed E-state index contributed by atoms with van der Waals surface area (Å²) < 4.78 is 15.8. The molecular weight excluding hydrogens is 334 g/mol. The molecule has 3 rings (SSSR count). The number of hydrogen-bond donors (Lipinski definition) is 2. The molecule has 0 atom stereocenters. The molecule has 134 valence electrons. The topological polar surface area (TPSA) is 77.0 Å². The SMILES string of the molecule is COc1cc(NC(=O)c2cc3ccccc3cc2O)cc(OC)c1OC. The lowest BCUT2D eigenvalue weighted by Crippen LogP contribution is -2.12. The van der Waals surface area contributed by atoms with Crippen molar-refractivity contribution in [1.29, 1.82) is 0 Å². The van der Waals surface area contributed by atoms with Crippen LogP contribution in [-0.2, 0) is 0 Å². The quantitative estimate of drug-likeness (QED) is 0.729. The Hall–Kier alpha value is -3.41. The molecule has 6 heteroatoms. The Labute approximate surface area is 150 Å². The van der Waals surface area contributed by atoms with Crippen LogP contribution < -0.4 is 19.5 Å². The van der Waals surface area contributed by atoms with Crippen molar-refractivity contribution >= 4 is 22.4 Å². The summed E-state index contributed by atoms with van der Waals surface area (Å²) in [4.78, 5) is 12.6. The number of carbonyl (C=O) groups is 1. The van der Waals surface area contributed by atoms with Gasteiger partial charge in [-0.3, -0.25) is 4.79 Å². The highest BCUT2D eigenvalue weighted by molar-refractivity contribution is 6.08. The molecule has 6 nitrogen and oxygen atoms in total. The summed E-state index contributed by atoms with van der Waals surface area (Å²) in [7, 11) is 4.50. The van der Waals surface area contributed by atoms with Gasteiger partial charge in [0, 0.05) is 17.8 Å². The van der Waals surface area contributed by atoms with Gasteiger partial charge in [0.25, 0.3) is 5.91 Å². The Balaban J connectivity index is 1.96. The summed E-state index contributed by atoms with van der Waals surface area (Å²) in [5, 5.41) is 14.7. The van der Waals surface area contributed by atoms with E-state index in [0.717, 1.165) is 10.8 Å². The van der Waals surface area contributed by atoms with Gasteiger partial charge in [0.2, 0.25) is 5.75 Å². The smallest absolute Gasteiger partial charge is 0.259 e. The average Bonchev–Trinajstić information content (AvgIpc) is 2.66. The molecule has 0 bridgehead atoms. The zero-order chi connectivity index (χ0) is 18.7. The molecule has 1 amide bonds. The third kappa shape index (κ3) is 3.21. The lowest BCUT2D eigenvalue weighted by atomic mass is 10.1. The third-order valence-corrected chi connectivity index (χ3v) is 4.03. The van der Waals surface area contributed by atoms with Crippen LogP contribution in [0.3, 0.4) is 0 Å². The molecule has 0 aromatic heterocycles. The summed E-state index contributed by atoms with van der Waals surface area (Å²) in [5.74, 6) is 0.743. The van der Waals surface area contributed by atoms with E-state index < -0.39 is 5.91 Å². The minimum atomic E-state index is -0.442.